The molecule has 1 amide bonds. The monoisotopic (exact) mass is 289 g/mol. The van der Waals surface area contributed by atoms with Crippen molar-refractivity contribution in [3.63, 3.8) is 0 Å². The minimum atomic E-state index is -0.0317. The predicted octanol–water partition coefficient (Wildman–Crippen LogP) is 2.64. The molecule has 1 aliphatic rings. The second kappa shape index (κ2) is 7.46. The van der Waals surface area contributed by atoms with Crippen LogP contribution < -0.4 is 10.6 Å². The molecular formula is C17H27N3O. The second-order valence-electron chi connectivity index (χ2n) is 5.87. The van der Waals surface area contributed by atoms with Crippen LogP contribution in [0.5, 0.6) is 0 Å². The molecule has 4 nitrogen and oxygen atoms in total. The van der Waals surface area contributed by atoms with Gasteiger partial charge in [0.15, 0.2) is 0 Å². The van der Waals surface area contributed by atoms with Gasteiger partial charge in [0.25, 0.3) is 5.91 Å². The van der Waals surface area contributed by atoms with Gasteiger partial charge in [-0.15, -0.1) is 0 Å². The van der Waals surface area contributed by atoms with Crippen LogP contribution in [-0.4, -0.2) is 43.5 Å². The molecule has 1 aliphatic heterocycles. The molecule has 0 atom stereocenters. The SMILES string of the molecule is CCCN1CCC(Nc2cc(C(=O)NC)ccc2C)CC1. The van der Waals surface area contributed by atoms with Gasteiger partial charge in [-0.3, -0.25) is 4.79 Å². The topological polar surface area (TPSA) is 44.4 Å². The molecule has 1 aromatic rings. The average molecular weight is 289 g/mol. The van der Waals surface area contributed by atoms with Crippen molar-refractivity contribution in [2.45, 2.75) is 39.2 Å². The number of likely N-dealkylation sites (tertiary alicyclic amines) is 1. The predicted molar refractivity (Wildman–Crippen MR) is 87.9 cm³/mol. The molecule has 0 spiro atoms. The fraction of sp³-hybridized carbons (Fsp3) is 0.588. The number of hydrogen-bond acceptors (Lipinski definition) is 3. The Kier molecular flexibility index (Phi) is 5.62. The molecule has 2 N–H and O–H groups in total. The maximum absolute atomic E-state index is 11.7. The van der Waals surface area contributed by atoms with Gasteiger partial charge in [-0.1, -0.05) is 13.0 Å². The first-order valence-corrected chi connectivity index (χ1v) is 7.95. The summed E-state index contributed by atoms with van der Waals surface area (Å²) in [4.78, 5) is 14.3. The lowest BCUT2D eigenvalue weighted by atomic mass is 10.0. The molecule has 4 heteroatoms. The lowest BCUT2D eigenvalue weighted by Crippen LogP contribution is -2.39. The molecule has 1 fully saturated rings. The van der Waals surface area contributed by atoms with Gasteiger partial charge in [-0.2, -0.15) is 0 Å². The smallest absolute Gasteiger partial charge is 0.251 e. The van der Waals surface area contributed by atoms with E-state index in [1.807, 2.05) is 18.2 Å². The molecule has 0 radical (unpaired) electrons. The van der Waals surface area contributed by atoms with Gasteiger partial charge in [-0.05, 0) is 50.4 Å². The number of amides is 1. The first-order valence-electron chi connectivity index (χ1n) is 7.95. The number of benzene rings is 1. The average Bonchev–Trinajstić information content (AvgIpc) is 2.51. The van der Waals surface area contributed by atoms with Gasteiger partial charge in [-0.25, -0.2) is 0 Å². The molecule has 0 aromatic heterocycles. The number of piperidine rings is 1. The van der Waals surface area contributed by atoms with Crippen LogP contribution >= 0.6 is 0 Å². The van der Waals surface area contributed by atoms with Crippen LogP contribution in [-0.2, 0) is 0 Å². The molecule has 1 saturated heterocycles. The summed E-state index contributed by atoms with van der Waals surface area (Å²) in [5, 5.41) is 6.30. The number of carbonyl (C=O) groups is 1. The van der Waals surface area contributed by atoms with E-state index in [4.69, 9.17) is 0 Å². The van der Waals surface area contributed by atoms with Crippen molar-refractivity contribution in [3.05, 3.63) is 29.3 Å². The standard InChI is InChI=1S/C17H27N3O/c1-4-9-20-10-7-15(8-11-20)19-16-12-14(17(21)18-3)6-5-13(16)2/h5-6,12,15,19H,4,7-11H2,1-3H3,(H,18,21). The van der Waals surface area contributed by atoms with Gasteiger partial charge in [0, 0.05) is 37.4 Å². The van der Waals surface area contributed by atoms with E-state index in [0.717, 1.165) is 5.69 Å². The normalized spacial score (nSPS) is 16.7. The van der Waals surface area contributed by atoms with E-state index in [9.17, 15) is 4.79 Å². The minimum Gasteiger partial charge on any atom is -0.382 e. The van der Waals surface area contributed by atoms with E-state index in [1.54, 1.807) is 7.05 Å². The first-order chi connectivity index (χ1) is 10.1. The number of aryl methyl sites for hydroxylation is 1. The molecule has 1 aromatic carbocycles. The molecule has 1 heterocycles. The maximum atomic E-state index is 11.7. The van der Waals surface area contributed by atoms with E-state index in [0.29, 0.717) is 11.6 Å². The summed E-state index contributed by atoms with van der Waals surface area (Å²) >= 11 is 0. The summed E-state index contributed by atoms with van der Waals surface area (Å²) in [7, 11) is 1.67. The molecular weight excluding hydrogens is 262 g/mol. The summed E-state index contributed by atoms with van der Waals surface area (Å²) in [6.07, 6.45) is 3.57. The van der Waals surface area contributed by atoms with E-state index in [1.165, 1.54) is 44.5 Å². The molecule has 21 heavy (non-hydrogen) atoms. The number of nitrogens with zero attached hydrogens (tertiary/aromatic N) is 1. The van der Waals surface area contributed by atoms with Crippen molar-refractivity contribution in [2.75, 3.05) is 32.0 Å². The number of anilines is 1. The van der Waals surface area contributed by atoms with Gasteiger partial charge >= 0.3 is 0 Å². The van der Waals surface area contributed by atoms with E-state index < -0.39 is 0 Å². The lowest BCUT2D eigenvalue weighted by molar-refractivity contribution is 0.0963. The van der Waals surface area contributed by atoms with Gasteiger partial charge < -0.3 is 15.5 Å². The summed E-state index contributed by atoms with van der Waals surface area (Å²) in [5.41, 5.74) is 3.00. The summed E-state index contributed by atoms with van der Waals surface area (Å²) in [6, 6.07) is 6.37. The van der Waals surface area contributed by atoms with Gasteiger partial charge in [0.2, 0.25) is 0 Å². The third kappa shape index (κ3) is 4.21. The number of rotatable bonds is 5. The van der Waals surface area contributed by atoms with Crippen LogP contribution in [0.15, 0.2) is 18.2 Å². The molecule has 0 unspecified atom stereocenters. The van der Waals surface area contributed by atoms with Crippen molar-refractivity contribution in [1.29, 1.82) is 0 Å². The summed E-state index contributed by atoms with van der Waals surface area (Å²) < 4.78 is 0. The van der Waals surface area contributed by atoms with Crippen molar-refractivity contribution in [3.8, 4) is 0 Å². The van der Waals surface area contributed by atoms with E-state index >= 15 is 0 Å². The fourth-order valence-electron chi connectivity index (χ4n) is 2.90. The van der Waals surface area contributed by atoms with Gasteiger partial charge in [0.05, 0.1) is 0 Å². The largest absolute Gasteiger partial charge is 0.382 e. The number of hydrogen-bond donors (Lipinski definition) is 2. The highest BCUT2D eigenvalue weighted by Gasteiger charge is 2.19. The molecule has 0 aliphatic carbocycles. The van der Waals surface area contributed by atoms with Crippen LogP contribution in [0.1, 0.15) is 42.1 Å². The maximum Gasteiger partial charge on any atom is 0.251 e. The Hall–Kier alpha value is -1.55. The first kappa shape index (κ1) is 15.8. The summed E-state index contributed by atoms with van der Waals surface area (Å²) in [5.74, 6) is -0.0317. The van der Waals surface area contributed by atoms with Crippen molar-refractivity contribution in [2.24, 2.45) is 0 Å². The van der Waals surface area contributed by atoms with Crippen LogP contribution in [0, 0.1) is 6.92 Å². The Morgan fingerprint density at radius 2 is 2.05 bits per heavy atom. The second-order valence-corrected chi connectivity index (χ2v) is 5.87. The van der Waals surface area contributed by atoms with Crippen LogP contribution in [0.25, 0.3) is 0 Å². The zero-order valence-electron chi connectivity index (χ0n) is 13.4. The molecule has 0 bridgehead atoms. The minimum absolute atomic E-state index is 0.0317. The van der Waals surface area contributed by atoms with Crippen molar-refractivity contribution >= 4 is 11.6 Å². The fourth-order valence-corrected chi connectivity index (χ4v) is 2.90. The highest BCUT2D eigenvalue weighted by molar-refractivity contribution is 5.95. The Labute approximate surface area is 127 Å². The van der Waals surface area contributed by atoms with Crippen LogP contribution in [0.4, 0.5) is 5.69 Å². The summed E-state index contributed by atoms with van der Waals surface area (Å²) in [6.45, 7) is 7.86. The number of nitrogens with one attached hydrogen (secondary N) is 2. The Bertz CT molecular complexity index is 479. The third-order valence-corrected chi connectivity index (χ3v) is 4.21. The zero-order valence-corrected chi connectivity index (χ0v) is 13.4. The van der Waals surface area contributed by atoms with Gasteiger partial charge in [0.1, 0.15) is 0 Å². The quantitative estimate of drug-likeness (QED) is 0.876. The molecule has 2 rings (SSSR count). The van der Waals surface area contributed by atoms with Crippen molar-refractivity contribution < 1.29 is 4.79 Å². The van der Waals surface area contributed by atoms with E-state index in [2.05, 4.69) is 29.4 Å². The molecule has 116 valence electrons. The van der Waals surface area contributed by atoms with Crippen LogP contribution in [0.3, 0.4) is 0 Å². The lowest BCUT2D eigenvalue weighted by Gasteiger charge is -2.33. The highest BCUT2D eigenvalue weighted by atomic mass is 16.1. The van der Waals surface area contributed by atoms with Crippen LogP contribution in [0.2, 0.25) is 0 Å². The third-order valence-electron chi connectivity index (χ3n) is 4.21. The Balaban J connectivity index is 1.98. The Morgan fingerprint density at radius 3 is 2.67 bits per heavy atom. The van der Waals surface area contributed by atoms with Crippen molar-refractivity contribution in [1.82, 2.24) is 10.2 Å². The zero-order chi connectivity index (χ0) is 15.2. The highest BCUT2D eigenvalue weighted by Crippen LogP contribution is 2.21. The Morgan fingerprint density at radius 1 is 1.33 bits per heavy atom. The van der Waals surface area contributed by atoms with E-state index in [-0.39, 0.29) is 5.91 Å². The molecule has 0 saturated carbocycles. The number of carbonyl (C=O) groups excluding carboxylic acids is 1.